The molecule has 2 aromatic rings. The number of hydrogen-bond acceptors (Lipinski definition) is 3. The predicted octanol–water partition coefficient (Wildman–Crippen LogP) is 1.98. The first-order chi connectivity index (χ1) is 9.56. The SMILES string of the molecule is Cc1cccc2c(=O)[nH]c(N3CCC(N(C)C)C3)cc12. The summed E-state index contributed by atoms with van der Waals surface area (Å²) in [7, 11) is 4.23. The average Bonchev–Trinajstić information content (AvgIpc) is 2.89. The van der Waals surface area contributed by atoms with Crippen LogP contribution in [0.4, 0.5) is 5.82 Å². The van der Waals surface area contributed by atoms with E-state index in [4.69, 9.17) is 0 Å². The van der Waals surface area contributed by atoms with E-state index >= 15 is 0 Å². The Morgan fingerprint density at radius 1 is 1.30 bits per heavy atom. The third kappa shape index (κ3) is 2.20. The van der Waals surface area contributed by atoms with Gasteiger partial charge in [0, 0.05) is 24.5 Å². The molecule has 3 rings (SSSR count). The van der Waals surface area contributed by atoms with Gasteiger partial charge in [0.05, 0.1) is 0 Å². The van der Waals surface area contributed by atoms with Crippen LogP contribution in [0.3, 0.4) is 0 Å². The molecule has 1 aromatic carbocycles. The van der Waals surface area contributed by atoms with Crippen molar-refractivity contribution in [2.45, 2.75) is 19.4 Å². The Kier molecular flexibility index (Phi) is 3.26. The molecule has 1 saturated heterocycles. The first-order valence-electron chi connectivity index (χ1n) is 7.10. The van der Waals surface area contributed by atoms with Crippen LogP contribution in [0.5, 0.6) is 0 Å². The van der Waals surface area contributed by atoms with Crippen LogP contribution in [0.15, 0.2) is 29.1 Å². The van der Waals surface area contributed by atoms with Gasteiger partial charge in [0.2, 0.25) is 0 Å². The van der Waals surface area contributed by atoms with Crippen LogP contribution in [0.2, 0.25) is 0 Å². The first-order valence-corrected chi connectivity index (χ1v) is 7.10. The summed E-state index contributed by atoms with van der Waals surface area (Å²) in [4.78, 5) is 19.8. The minimum Gasteiger partial charge on any atom is -0.356 e. The fourth-order valence-corrected chi connectivity index (χ4v) is 2.98. The van der Waals surface area contributed by atoms with Crippen LogP contribution >= 0.6 is 0 Å². The molecule has 20 heavy (non-hydrogen) atoms. The molecule has 1 aromatic heterocycles. The van der Waals surface area contributed by atoms with E-state index in [1.165, 1.54) is 0 Å². The number of aromatic nitrogens is 1. The Hall–Kier alpha value is -1.81. The summed E-state index contributed by atoms with van der Waals surface area (Å²) in [6.07, 6.45) is 1.14. The van der Waals surface area contributed by atoms with Gasteiger partial charge in [0.1, 0.15) is 5.82 Å². The molecule has 0 saturated carbocycles. The third-order valence-electron chi connectivity index (χ3n) is 4.33. The van der Waals surface area contributed by atoms with E-state index in [-0.39, 0.29) is 5.56 Å². The van der Waals surface area contributed by atoms with E-state index in [9.17, 15) is 4.79 Å². The van der Waals surface area contributed by atoms with Gasteiger partial charge < -0.3 is 14.8 Å². The summed E-state index contributed by atoms with van der Waals surface area (Å²) in [5, 5.41) is 1.83. The zero-order valence-corrected chi connectivity index (χ0v) is 12.3. The molecule has 1 aliphatic heterocycles. The fraction of sp³-hybridized carbons (Fsp3) is 0.438. The highest BCUT2D eigenvalue weighted by Crippen LogP contribution is 2.23. The van der Waals surface area contributed by atoms with Crippen LogP contribution in [0, 0.1) is 6.92 Å². The number of pyridine rings is 1. The number of anilines is 1. The second-order valence-corrected chi connectivity index (χ2v) is 5.87. The summed E-state index contributed by atoms with van der Waals surface area (Å²) in [6, 6.07) is 8.55. The number of aryl methyl sites for hydroxylation is 1. The number of nitrogens with zero attached hydrogens (tertiary/aromatic N) is 2. The number of fused-ring (bicyclic) bond motifs is 1. The van der Waals surface area contributed by atoms with E-state index < -0.39 is 0 Å². The Morgan fingerprint density at radius 3 is 2.80 bits per heavy atom. The predicted molar refractivity (Wildman–Crippen MR) is 83.6 cm³/mol. The van der Waals surface area contributed by atoms with Gasteiger partial charge in [0.25, 0.3) is 5.56 Å². The topological polar surface area (TPSA) is 39.3 Å². The minimum atomic E-state index is 0.00880. The Morgan fingerprint density at radius 2 is 2.10 bits per heavy atom. The van der Waals surface area contributed by atoms with Gasteiger partial charge in [-0.15, -0.1) is 0 Å². The van der Waals surface area contributed by atoms with Gasteiger partial charge in [0.15, 0.2) is 0 Å². The van der Waals surface area contributed by atoms with Crippen molar-refractivity contribution in [3.05, 3.63) is 40.2 Å². The van der Waals surface area contributed by atoms with Gasteiger partial charge in [-0.05, 0) is 50.5 Å². The smallest absolute Gasteiger partial charge is 0.257 e. The molecule has 1 aliphatic rings. The summed E-state index contributed by atoms with van der Waals surface area (Å²) >= 11 is 0. The van der Waals surface area contributed by atoms with Gasteiger partial charge in [-0.25, -0.2) is 0 Å². The highest BCUT2D eigenvalue weighted by molar-refractivity contribution is 5.86. The Bertz CT molecular complexity index is 690. The molecule has 1 fully saturated rings. The molecular weight excluding hydrogens is 250 g/mol. The lowest BCUT2D eigenvalue weighted by Crippen LogP contribution is -2.32. The van der Waals surface area contributed by atoms with E-state index in [0.29, 0.717) is 6.04 Å². The van der Waals surface area contributed by atoms with Crippen LogP contribution < -0.4 is 10.5 Å². The number of hydrogen-bond donors (Lipinski definition) is 1. The molecule has 2 heterocycles. The summed E-state index contributed by atoms with van der Waals surface area (Å²) in [5.41, 5.74) is 1.16. The molecule has 0 spiro atoms. The molecule has 0 radical (unpaired) electrons. The van der Waals surface area contributed by atoms with Crippen molar-refractivity contribution in [3.63, 3.8) is 0 Å². The van der Waals surface area contributed by atoms with Crippen molar-refractivity contribution in [3.8, 4) is 0 Å². The van der Waals surface area contributed by atoms with Crippen molar-refractivity contribution in [1.82, 2.24) is 9.88 Å². The van der Waals surface area contributed by atoms with Gasteiger partial charge in [-0.3, -0.25) is 4.79 Å². The van der Waals surface area contributed by atoms with Gasteiger partial charge >= 0.3 is 0 Å². The third-order valence-corrected chi connectivity index (χ3v) is 4.33. The molecule has 0 bridgehead atoms. The van der Waals surface area contributed by atoms with E-state index in [0.717, 1.165) is 41.7 Å². The van der Waals surface area contributed by atoms with Crippen LogP contribution in [-0.4, -0.2) is 43.1 Å². The monoisotopic (exact) mass is 271 g/mol. The maximum absolute atomic E-state index is 12.2. The maximum atomic E-state index is 12.2. The molecule has 106 valence electrons. The normalized spacial score (nSPS) is 19.2. The molecular formula is C16H21N3O. The number of likely N-dealkylation sites (N-methyl/N-ethyl adjacent to an activating group) is 1. The molecule has 4 heteroatoms. The second kappa shape index (κ2) is 4.94. The molecule has 1 N–H and O–H groups in total. The fourth-order valence-electron chi connectivity index (χ4n) is 2.98. The van der Waals surface area contributed by atoms with Crippen LogP contribution in [-0.2, 0) is 0 Å². The maximum Gasteiger partial charge on any atom is 0.257 e. The zero-order chi connectivity index (χ0) is 14.3. The lowest BCUT2D eigenvalue weighted by molar-refractivity contribution is 0.315. The highest BCUT2D eigenvalue weighted by Gasteiger charge is 2.24. The summed E-state index contributed by atoms with van der Waals surface area (Å²) in [6.45, 7) is 4.02. The standard InChI is InChI=1S/C16H21N3O/c1-11-5-4-6-13-14(11)9-15(17-16(13)20)19-8-7-12(10-19)18(2)3/h4-6,9,12H,7-8,10H2,1-3H3,(H,17,20). The zero-order valence-electron chi connectivity index (χ0n) is 12.3. The van der Waals surface area contributed by atoms with Crippen molar-refractivity contribution in [2.75, 3.05) is 32.1 Å². The van der Waals surface area contributed by atoms with Crippen molar-refractivity contribution < 1.29 is 0 Å². The summed E-state index contributed by atoms with van der Waals surface area (Å²) in [5.74, 6) is 0.946. The van der Waals surface area contributed by atoms with Crippen molar-refractivity contribution in [1.29, 1.82) is 0 Å². The number of benzene rings is 1. The number of H-pyrrole nitrogens is 1. The first kappa shape index (κ1) is 13.2. The van der Waals surface area contributed by atoms with E-state index in [1.54, 1.807) is 0 Å². The number of aromatic amines is 1. The summed E-state index contributed by atoms with van der Waals surface area (Å²) < 4.78 is 0. The molecule has 0 aliphatic carbocycles. The quantitative estimate of drug-likeness (QED) is 0.908. The molecule has 4 nitrogen and oxygen atoms in total. The van der Waals surface area contributed by atoms with E-state index in [2.05, 4.69) is 47.9 Å². The van der Waals surface area contributed by atoms with E-state index in [1.807, 2.05) is 12.1 Å². The molecule has 1 unspecified atom stereocenters. The lowest BCUT2D eigenvalue weighted by atomic mass is 10.1. The number of rotatable bonds is 2. The van der Waals surface area contributed by atoms with Crippen molar-refractivity contribution >= 4 is 16.6 Å². The largest absolute Gasteiger partial charge is 0.356 e. The van der Waals surface area contributed by atoms with Crippen LogP contribution in [0.1, 0.15) is 12.0 Å². The Balaban J connectivity index is 2.01. The highest BCUT2D eigenvalue weighted by atomic mass is 16.1. The van der Waals surface area contributed by atoms with Gasteiger partial charge in [-0.2, -0.15) is 0 Å². The molecule has 1 atom stereocenters. The Labute approximate surface area is 119 Å². The van der Waals surface area contributed by atoms with Gasteiger partial charge in [-0.1, -0.05) is 12.1 Å². The minimum absolute atomic E-state index is 0.00880. The number of nitrogens with one attached hydrogen (secondary N) is 1. The average molecular weight is 271 g/mol. The lowest BCUT2D eigenvalue weighted by Gasteiger charge is -2.21. The molecule has 0 amide bonds. The van der Waals surface area contributed by atoms with Crippen LogP contribution in [0.25, 0.3) is 10.8 Å². The second-order valence-electron chi connectivity index (χ2n) is 5.87. The van der Waals surface area contributed by atoms with Crippen molar-refractivity contribution in [2.24, 2.45) is 0 Å².